The van der Waals surface area contributed by atoms with E-state index in [1.54, 1.807) is 0 Å². The SMILES string of the molecule is O=C1N[C@@H](Cc2ccccc2)CC12CC2. The van der Waals surface area contributed by atoms with Gasteiger partial charge in [-0.05, 0) is 31.2 Å². The van der Waals surface area contributed by atoms with E-state index in [0.29, 0.717) is 11.9 Å². The minimum absolute atomic E-state index is 0.0550. The number of rotatable bonds is 2. The van der Waals surface area contributed by atoms with E-state index in [2.05, 4.69) is 29.6 Å². The van der Waals surface area contributed by atoms with Gasteiger partial charge in [0.1, 0.15) is 0 Å². The Bertz CT molecular complexity index is 381. The summed E-state index contributed by atoms with van der Waals surface area (Å²) >= 11 is 0. The lowest BCUT2D eigenvalue weighted by Crippen LogP contribution is -2.28. The number of hydrogen-bond donors (Lipinski definition) is 1. The van der Waals surface area contributed by atoms with Gasteiger partial charge in [-0.25, -0.2) is 0 Å². The van der Waals surface area contributed by atoms with Crippen molar-refractivity contribution in [2.24, 2.45) is 5.41 Å². The Hall–Kier alpha value is -1.31. The molecule has 2 fully saturated rings. The van der Waals surface area contributed by atoms with Crippen LogP contribution in [0.1, 0.15) is 24.8 Å². The van der Waals surface area contributed by atoms with E-state index in [1.165, 1.54) is 5.56 Å². The Balaban J connectivity index is 1.69. The fourth-order valence-corrected chi connectivity index (χ4v) is 2.56. The lowest BCUT2D eigenvalue weighted by Gasteiger charge is -2.09. The molecule has 1 saturated heterocycles. The summed E-state index contributed by atoms with van der Waals surface area (Å²) in [7, 11) is 0. The first-order valence-corrected chi connectivity index (χ1v) is 5.63. The molecular weight excluding hydrogens is 186 g/mol. The zero-order chi connectivity index (χ0) is 10.3. The largest absolute Gasteiger partial charge is 0.353 e. The number of benzene rings is 1. The molecule has 2 nitrogen and oxygen atoms in total. The van der Waals surface area contributed by atoms with Gasteiger partial charge >= 0.3 is 0 Å². The monoisotopic (exact) mass is 201 g/mol. The van der Waals surface area contributed by atoms with E-state index in [0.717, 1.165) is 25.7 Å². The van der Waals surface area contributed by atoms with Gasteiger partial charge < -0.3 is 5.32 Å². The molecule has 1 heterocycles. The van der Waals surface area contributed by atoms with Crippen molar-refractivity contribution in [3.8, 4) is 0 Å². The van der Waals surface area contributed by atoms with E-state index in [9.17, 15) is 4.79 Å². The van der Waals surface area contributed by atoms with Crippen LogP contribution in [0.4, 0.5) is 0 Å². The van der Waals surface area contributed by atoms with Gasteiger partial charge in [0, 0.05) is 6.04 Å². The van der Waals surface area contributed by atoms with Gasteiger partial charge in [0.15, 0.2) is 0 Å². The van der Waals surface area contributed by atoms with Crippen molar-refractivity contribution in [3.63, 3.8) is 0 Å². The summed E-state index contributed by atoms with van der Waals surface area (Å²) in [4.78, 5) is 11.6. The van der Waals surface area contributed by atoms with Crippen molar-refractivity contribution >= 4 is 5.91 Å². The number of carbonyl (C=O) groups excluding carboxylic acids is 1. The Morgan fingerprint density at radius 2 is 2.00 bits per heavy atom. The van der Waals surface area contributed by atoms with Crippen LogP contribution in [-0.2, 0) is 11.2 Å². The van der Waals surface area contributed by atoms with Crippen LogP contribution in [0.5, 0.6) is 0 Å². The third-order valence-electron chi connectivity index (χ3n) is 3.63. The van der Waals surface area contributed by atoms with E-state index in [-0.39, 0.29) is 5.41 Å². The molecule has 0 aromatic heterocycles. The molecule has 15 heavy (non-hydrogen) atoms. The topological polar surface area (TPSA) is 29.1 Å². The molecule has 1 atom stereocenters. The van der Waals surface area contributed by atoms with E-state index in [4.69, 9.17) is 0 Å². The molecule has 0 radical (unpaired) electrons. The van der Waals surface area contributed by atoms with E-state index >= 15 is 0 Å². The smallest absolute Gasteiger partial charge is 0.226 e. The van der Waals surface area contributed by atoms with Gasteiger partial charge in [0.2, 0.25) is 5.91 Å². The van der Waals surface area contributed by atoms with Gasteiger partial charge in [-0.15, -0.1) is 0 Å². The number of amides is 1. The highest BCUT2D eigenvalue weighted by molar-refractivity contribution is 5.87. The normalized spacial score (nSPS) is 26.7. The van der Waals surface area contributed by atoms with Gasteiger partial charge in [-0.1, -0.05) is 30.3 Å². The summed E-state index contributed by atoms with van der Waals surface area (Å²) in [6, 6.07) is 10.8. The first-order valence-electron chi connectivity index (χ1n) is 5.63. The van der Waals surface area contributed by atoms with Crippen molar-refractivity contribution in [1.82, 2.24) is 5.32 Å². The quantitative estimate of drug-likeness (QED) is 0.778. The predicted molar refractivity (Wildman–Crippen MR) is 58.4 cm³/mol. The number of hydrogen-bond acceptors (Lipinski definition) is 1. The molecule has 3 rings (SSSR count). The van der Waals surface area contributed by atoms with Crippen LogP contribution in [0.15, 0.2) is 30.3 Å². The van der Waals surface area contributed by atoms with E-state index in [1.807, 2.05) is 6.07 Å². The van der Waals surface area contributed by atoms with Gasteiger partial charge in [-0.2, -0.15) is 0 Å². The predicted octanol–water partition coefficient (Wildman–Crippen LogP) is 1.90. The first-order chi connectivity index (χ1) is 7.28. The highest BCUT2D eigenvalue weighted by Crippen LogP contribution is 2.52. The second-order valence-electron chi connectivity index (χ2n) is 4.84. The molecule has 1 aromatic carbocycles. The molecule has 1 amide bonds. The molecule has 78 valence electrons. The summed E-state index contributed by atoms with van der Waals surface area (Å²) < 4.78 is 0. The Morgan fingerprint density at radius 1 is 1.27 bits per heavy atom. The van der Waals surface area contributed by atoms with Gasteiger partial charge in [0.05, 0.1) is 5.41 Å². The minimum atomic E-state index is 0.0550. The molecule has 2 heteroatoms. The van der Waals surface area contributed by atoms with Crippen LogP contribution in [-0.4, -0.2) is 11.9 Å². The van der Waals surface area contributed by atoms with Crippen LogP contribution >= 0.6 is 0 Å². The second kappa shape index (κ2) is 3.09. The zero-order valence-corrected chi connectivity index (χ0v) is 8.70. The van der Waals surface area contributed by atoms with Gasteiger partial charge in [0.25, 0.3) is 0 Å². The average Bonchev–Trinajstić information content (AvgIpc) is 2.93. The molecular formula is C13H15NO. The van der Waals surface area contributed by atoms with Crippen LogP contribution in [0.2, 0.25) is 0 Å². The lowest BCUT2D eigenvalue weighted by molar-refractivity contribution is -0.123. The van der Waals surface area contributed by atoms with Crippen LogP contribution in [0.25, 0.3) is 0 Å². The first kappa shape index (κ1) is 8.96. The lowest BCUT2D eigenvalue weighted by atomic mass is 9.98. The highest BCUT2D eigenvalue weighted by atomic mass is 16.2. The average molecular weight is 201 g/mol. The molecule has 1 saturated carbocycles. The maximum absolute atomic E-state index is 11.6. The Kier molecular flexibility index (Phi) is 1.84. The van der Waals surface area contributed by atoms with Gasteiger partial charge in [-0.3, -0.25) is 4.79 Å². The maximum Gasteiger partial charge on any atom is 0.226 e. The summed E-state index contributed by atoms with van der Waals surface area (Å²) in [5, 5.41) is 3.12. The molecule has 0 bridgehead atoms. The number of nitrogens with one attached hydrogen (secondary N) is 1. The summed E-state index contributed by atoms with van der Waals surface area (Å²) in [6.07, 6.45) is 4.23. The molecule has 2 aliphatic rings. The molecule has 1 N–H and O–H groups in total. The minimum Gasteiger partial charge on any atom is -0.353 e. The zero-order valence-electron chi connectivity index (χ0n) is 8.70. The van der Waals surface area contributed by atoms with Crippen molar-refractivity contribution in [2.45, 2.75) is 31.7 Å². The molecule has 1 aliphatic heterocycles. The third kappa shape index (κ3) is 1.54. The second-order valence-corrected chi connectivity index (χ2v) is 4.84. The molecule has 1 aromatic rings. The Morgan fingerprint density at radius 3 is 2.60 bits per heavy atom. The Labute approximate surface area is 89.7 Å². The van der Waals surface area contributed by atoms with Crippen LogP contribution < -0.4 is 5.32 Å². The van der Waals surface area contributed by atoms with E-state index < -0.39 is 0 Å². The molecule has 1 aliphatic carbocycles. The highest BCUT2D eigenvalue weighted by Gasteiger charge is 2.55. The summed E-state index contributed by atoms with van der Waals surface area (Å²) in [5.41, 5.74) is 1.37. The fraction of sp³-hybridized carbons (Fsp3) is 0.462. The van der Waals surface area contributed by atoms with Crippen molar-refractivity contribution in [1.29, 1.82) is 0 Å². The molecule has 0 unspecified atom stereocenters. The molecule has 1 spiro atoms. The summed E-state index contributed by atoms with van der Waals surface area (Å²) in [6.45, 7) is 0. The standard InChI is InChI=1S/C13H15NO/c15-12-13(6-7-13)9-11(14-12)8-10-4-2-1-3-5-10/h1-5,11H,6-9H2,(H,14,15)/t11-/m0/s1. The van der Waals surface area contributed by atoms with Crippen LogP contribution in [0, 0.1) is 5.41 Å². The van der Waals surface area contributed by atoms with Crippen molar-refractivity contribution in [2.75, 3.05) is 0 Å². The van der Waals surface area contributed by atoms with Crippen LogP contribution in [0.3, 0.4) is 0 Å². The maximum atomic E-state index is 11.6. The fourth-order valence-electron chi connectivity index (χ4n) is 2.56. The number of carbonyl (C=O) groups is 1. The summed E-state index contributed by atoms with van der Waals surface area (Å²) in [5.74, 6) is 0.295. The van der Waals surface area contributed by atoms with Crippen molar-refractivity contribution < 1.29 is 4.79 Å². The van der Waals surface area contributed by atoms with Crippen molar-refractivity contribution in [3.05, 3.63) is 35.9 Å². The third-order valence-corrected chi connectivity index (χ3v) is 3.63.